The van der Waals surface area contributed by atoms with Gasteiger partial charge in [-0.05, 0) is 68.7 Å². The molecule has 0 spiro atoms. The van der Waals surface area contributed by atoms with Gasteiger partial charge in [-0.1, -0.05) is 23.7 Å². The van der Waals surface area contributed by atoms with E-state index < -0.39 is 23.5 Å². The van der Waals surface area contributed by atoms with Crippen molar-refractivity contribution in [3.05, 3.63) is 75.2 Å². The molecule has 0 saturated heterocycles. The second-order valence-corrected chi connectivity index (χ2v) is 9.19. The summed E-state index contributed by atoms with van der Waals surface area (Å²) in [7, 11) is 0. The topological polar surface area (TPSA) is 72.1 Å². The maximum atomic E-state index is 13.0. The Morgan fingerprint density at radius 2 is 1.67 bits per heavy atom. The van der Waals surface area contributed by atoms with E-state index >= 15 is 0 Å². The van der Waals surface area contributed by atoms with Crippen LogP contribution in [-0.2, 0) is 18.3 Å². The third kappa shape index (κ3) is 5.15. The molecule has 6 nitrogen and oxygen atoms in total. The van der Waals surface area contributed by atoms with Crippen LogP contribution in [0, 0.1) is 0 Å². The third-order valence-corrected chi connectivity index (χ3v) is 5.94. The molecule has 0 bridgehead atoms. The number of benzene rings is 2. The van der Waals surface area contributed by atoms with Crippen LogP contribution in [0.15, 0.2) is 53.3 Å². The largest absolute Gasteiger partial charge is 0.416 e. The number of aliphatic hydroxyl groups is 1. The Morgan fingerprint density at radius 1 is 1.09 bits per heavy atom. The first-order valence-corrected chi connectivity index (χ1v) is 10.9. The van der Waals surface area contributed by atoms with Gasteiger partial charge >= 0.3 is 11.9 Å². The Labute approximate surface area is 193 Å². The van der Waals surface area contributed by atoms with Gasteiger partial charge in [-0.15, -0.1) is 5.10 Å². The number of aromatic nitrogens is 3. The lowest BCUT2D eigenvalue weighted by atomic mass is 9.93. The molecule has 1 unspecified atom stereocenters. The van der Waals surface area contributed by atoms with Crippen LogP contribution in [0.1, 0.15) is 43.9 Å². The molecule has 1 heterocycles. The number of alkyl halides is 3. The highest BCUT2D eigenvalue weighted by Gasteiger charge is 2.33. The summed E-state index contributed by atoms with van der Waals surface area (Å²) < 4.78 is 41.4. The minimum absolute atomic E-state index is 0.0746. The number of aliphatic hydroxyl groups excluding tert-OH is 1. The number of nitrogens with zero attached hydrogens (tertiary/aromatic N) is 3. The van der Waals surface area contributed by atoms with Crippen LogP contribution in [0.25, 0.3) is 11.4 Å². The van der Waals surface area contributed by atoms with Crippen molar-refractivity contribution in [3.8, 4) is 11.4 Å². The van der Waals surface area contributed by atoms with Crippen LogP contribution >= 0.6 is 11.6 Å². The number of hydrogen-bond donors (Lipinski definition) is 2. The summed E-state index contributed by atoms with van der Waals surface area (Å²) in [6.45, 7) is 3.36. The number of rotatable bonds is 7. The van der Waals surface area contributed by atoms with Crippen molar-refractivity contribution in [2.45, 2.75) is 57.2 Å². The van der Waals surface area contributed by atoms with Crippen LogP contribution in [-0.4, -0.2) is 25.7 Å². The van der Waals surface area contributed by atoms with Crippen molar-refractivity contribution in [1.29, 1.82) is 0 Å². The van der Waals surface area contributed by atoms with Gasteiger partial charge in [0, 0.05) is 22.2 Å². The van der Waals surface area contributed by atoms with Crippen molar-refractivity contribution in [2.24, 2.45) is 0 Å². The highest BCUT2D eigenvalue weighted by Crippen LogP contribution is 2.36. The maximum absolute atomic E-state index is 13.0. The predicted octanol–water partition coefficient (Wildman–Crippen LogP) is 4.56. The monoisotopic (exact) mass is 480 g/mol. The van der Waals surface area contributed by atoms with Crippen LogP contribution < -0.4 is 11.0 Å². The lowest BCUT2D eigenvalue weighted by Gasteiger charge is -2.30. The Hall–Kier alpha value is -2.62. The van der Waals surface area contributed by atoms with Gasteiger partial charge in [-0.2, -0.15) is 13.2 Å². The van der Waals surface area contributed by atoms with E-state index in [9.17, 15) is 23.1 Å². The van der Waals surface area contributed by atoms with Gasteiger partial charge in [0.1, 0.15) is 6.23 Å². The highest BCUT2D eigenvalue weighted by molar-refractivity contribution is 6.30. The van der Waals surface area contributed by atoms with Gasteiger partial charge in [0.15, 0.2) is 5.82 Å². The molecule has 176 valence electrons. The van der Waals surface area contributed by atoms with Gasteiger partial charge in [0.05, 0.1) is 12.1 Å². The van der Waals surface area contributed by atoms with Gasteiger partial charge in [-0.3, -0.25) is 9.88 Å². The summed E-state index contributed by atoms with van der Waals surface area (Å²) in [5.41, 5.74) is -0.613. The first-order valence-electron chi connectivity index (χ1n) is 10.5. The zero-order valence-corrected chi connectivity index (χ0v) is 18.9. The molecule has 33 heavy (non-hydrogen) atoms. The van der Waals surface area contributed by atoms with E-state index in [4.69, 9.17) is 11.6 Å². The first-order chi connectivity index (χ1) is 15.5. The molecular weight excluding hydrogens is 457 g/mol. The molecule has 10 heteroatoms. The second-order valence-electron chi connectivity index (χ2n) is 8.76. The summed E-state index contributed by atoms with van der Waals surface area (Å²) in [5.74, 6) is 0.508. The van der Waals surface area contributed by atoms with Crippen molar-refractivity contribution in [2.75, 3.05) is 0 Å². The number of nitrogens with one attached hydrogen (secondary N) is 1. The van der Waals surface area contributed by atoms with E-state index in [-0.39, 0.29) is 18.3 Å². The standard InChI is InChI=1S/C23H24ClF3N4O2/c1-22(2,15-5-7-16(8-6-15)23(25,26)27)28-19(32)13-30-21(33)31(18-11-12-18)20(29-30)14-3-9-17(24)10-4-14/h3-10,18-19,28,32H,11-13H2,1-2H3. The van der Waals surface area contributed by atoms with E-state index in [0.717, 1.165) is 30.5 Å². The van der Waals surface area contributed by atoms with E-state index in [1.165, 1.54) is 16.8 Å². The molecule has 1 atom stereocenters. The van der Waals surface area contributed by atoms with Crippen LogP contribution in [0.5, 0.6) is 0 Å². The second kappa shape index (κ2) is 8.62. The van der Waals surface area contributed by atoms with E-state index in [2.05, 4.69) is 10.4 Å². The Kier molecular flexibility index (Phi) is 6.15. The normalized spacial score (nSPS) is 15.6. The molecule has 1 aromatic heterocycles. The van der Waals surface area contributed by atoms with E-state index in [0.29, 0.717) is 16.4 Å². The minimum Gasteiger partial charge on any atom is -0.377 e. The molecule has 0 radical (unpaired) electrons. The van der Waals surface area contributed by atoms with Gasteiger partial charge in [-0.25, -0.2) is 9.48 Å². The summed E-state index contributed by atoms with van der Waals surface area (Å²) in [6, 6.07) is 11.8. The molecule has 2 N–H and O–H groups in total. The Balaban J connectivity index is 1.53. The molecule has 3 aromatic rings. The van der Waals surface area contributed by atoms with Gasteiger partial charge in [0.2, 0.25) is 0 Å². The average Bonchev–Trinajstić information content (AvgIpc) is 3.52. The summed E-state index contributed by atoms with van der Waals surface area (Å²) >= 11 is 5.97. The number of halogens is 4. The fourth-order valence-electron chi connectivity index (χ4n) is 3.78. The molecule has 1 aliphatic carbocycles. The molecule has 4 rings (SSSR count). The lowest BCUT2D eigenvalue weighted by Crippen LogP contribution is -2.47. The first kappa shape index (κ1) is 23.5. The summed E-state index contributed by atoms with van der Waals surface area (Å²) in [5, 5.41) is 18.7. The molecule has 0 aliphatic heterocycles. The zero-order valence-electron chi connectivity index (χ0n) is 18.1. The van der Waals surface area contributed by atoms with Crippen molar-refractivity contribution < 1.29 is 18.3 Å². The highest BCUT2D eigenvalue weighted by atomic mass is 35.5. The van der Waals surface area contributed by atoms with Crippen molar-refractivity contribution >= 4 is 11.6 Å². The molecule has 1 fully saturated rings. The summed E-state index contributed by atoms with van der Waals surface area (Å²) in [6.07, 6.45) is -3.82. The molecular formula is C23H24ClF3N4O2. The molecule has 1 saturated carbocycles. The fraction of sp³-hybridized carbons (Fsp3) is 0.391. The summed E-state index contributed by atoms with van der Waals surface area (Å²) in [4.78, 5) is 13.0. The van der Waals surface area contributed by atoms with Crippen molar-refractivity contribution in [3.63, 3.8) is 0 Å². The average molecular weight is 481 g/mol. The SMILES string of the molecule is CC(C)(NC(O)Cn1nc(-c2ccc(Cl)cc2)n(C2CC2)c1=O)c1ccc(C(F)(F)F)cc1. The lowest BCUT2D eigenvalue weighted by molar-refractivity contribution is -0.137. The molecule has 1 aliphatic rings. The van der Waals surface area contributed by atoms with E-state index in [1.807, 2.05) is 0 Å². The quantitative estimate of drug-likeness (QED) is 0.486. The maximum Gasteiger partial charge on any atom is 0.416 e. The van der Waals surface area contributed by atoms with Gasteiger partial charge in [0.25, 0.3) is 0 Å². The zero-order chi connectivity index (χ0) is 24.0. The van der Waals surface area contributed by atoms with Crippen LogP contribution in [0.4, 0.5) is 13.2 Å². The fourth-order valence-corrected chi connectivity index (χ4v) is 3.91. The van der Waals surface area contributed by atoms with Gasteiger partial charge < -0.3 is 5.11 Å². The molecule has 2 aromatic carbocycles. The Morgan fingerprint density at radius 3 is 2.21 bits per heavy atom. The smallest absolute Gasteiger partial charge is 0.377 e. The predicted molar refractivity (Wildman–Crippen MR) is 119 cm³/mol. The number of hydrogen-bond acceptors (Lipinski definition) is 4. The van der Waals surface area contributed by atoms with E-state index in [1.54, 1.807) is 42.7 Å². The molecule has 0 amide bonds. The third-order valence-electron chi connectivity index (χ3n) is 5.69. The van der Waals surface area contributed by atoms with Crippen LogP contribution in [0.2, 0.25) is 5.02 Å². The minimum atomic E-state index is -4.42. The Bertz CT molecular complexity index is 1180. The van der Waals surface area contributed by atoms with Crippen molar-refractivity contribution in [1.82, 2.24) is 19.7 Å². The van der Waals surface area contributed by atoms with Crippen LogP contribution in [0.3, 0.4) is 0 Å².